The van der Waals surface area contributed by atoms with Gasteiger partial charge in [-0.05, 0) is 24.3 Å². The first kappa shape index (κ1) is 10.3. The van der Waals surface area contributed by atoms with E-state index in [2.05, 4.69) is 4.98 Å². The Kier molecular flexibility index (Phi) is 2.79. The molecule has 2 nitrogen and oxygen atoms in total. The van der Waals surface area contributed by atoms with Crippen molar-refractivity contribution in [3.05, 3.63) is 51.2 Å². The minimum absolute atomic E-state index is 0.218. The number of thiophene rings is 1. The van der Waals surface area contributed by atoms with Gasteiger partial charge in [-0.15, -0.1) is 11.3 Å². The van der Waals surface area contributed by atoms with E-state index >= 15 is 0 Å². The van der Waals surface area contributed by atoms with Crippen LogP contribution in [0.2, 0.25) is 4.34 Å². The van der Waals surface area contributed by atoms with E-state index in [-0.39, 0.29) is 11.5 Å². The molecule has 0 unspecified atom stereocenters. The molecule has 2 rings (SSSR count). The Labute approximate surface area is 94.3 Å². The van der Waals surface area contributed by atoms with Gasteiger partial charge in [-0.25, -0.2) is 9.37 Å². The van der Waals surface area contributed by atoms with E-state index in [0.29, 0.717) is 9.21 Å². The molecule has 0 amide bonds. The molecule has 0 fully saturated rings. The van der Waals surface area contributed by atoms with Gasteiger partial charge in [0.2, 0.25) is 5.78 Å². The van der Waals surface area contributed by atoms with E-state index in [9.17, 15) is 9.18 Å². The van der Waals surface area contributed by atoms with Crippen molar-refractivity contribution in [2.24, 2.45) is 0 Å². The molecule has 0 N–H and O–H groups in total. The highest BCUT2D eigenvalue weighted by Crippen LogP contribution is 2.23. The Morgan fingerprint density at radius 1 is 1.33 bits per heavy atom. The highest BCUT2D eigenvalue weighted by atomic mass is 35.5. The number of rotatable bonds is 2. The van der Waals surface area contributed by atoms with Gasteiger partial charge in [-0.1, -0.05) is 11.6 Å². The summed E-state index contributed by atoms with van der Waals surface area (Å²) >= 11 is 6.88. The Hall–Kier alpha value is -1.26. The molecule has 0 aromatic carbocycles. The molecule has 0 aliphatic heterocycles. The predicted molar refractivity (Wildman–Crippen MR) is 57.0 cm³/mol. The van der Waals surface area contributed by atoms with Crippen LogP contribution in [-0.2, 0) is 0 Å². The number of hydrogen-bond donors (Lipinski definition) is 0. The van der Waals surface area contributed by atoms with E-state index in [4.69, 9.17) is 11.6 Å². The number of halogens is 2. The normalized spacial score (nSPS) is 10.3. The van der Waals surface area contributed by atoms with Crippen LogP contribution in [0.25, 0.3) is 0 Å². The Bertz CT molecular complexity index is 494. The molecule has 0 aliphatic rings. The molecule has 0 saturated carbocycles. The molecule has 0 saturated heterocycles. The SMILES string of the molecule is O=C(c1ccc(F)cn1)c1ccc(Cl)s1. The van der Waals surface area contributed by atoms with Crippen LogP contribution in [0.1, 0.15) is 15.4 Å². The number of carbonyl (C=O) groups excluding carboxylic acids is 1. The second-order valence-electron chi connectivity index (χ2n) is 2.79. The lowest BCUT2D eigenvalue weighted by Gasteiger charge is -1.95. The van der Waals surface area contributed by atoms with Gasteiger partial charge >= 0.3 is 0 Å². The van der Waals surface area contributed by atoms with Crippen molar-refractivity contribution in [2.45, 2.75) is 0 Å². The van der Waals surface area contributed by atoms with Gasteiger partial charge in [0.25, 0.3) is 0 Å². The second-order valence-corrected chi connectivity index (χ2v) is 4.51. The lowest BCUT2D eigenvalue weighted by atomic mass is 10.2. The van der Waals surface area contributed by atoms with Gasteiger partial charge in [0, 0.05) is 0 Å². The summed E-state index contributed by atoms with van der Waals surface area (Å²) in [5.74, 6) is -0.706. The van der Waals surface area contributed by atoms with Crippen molar-refractivity contribution in [3.63, 3.8) is 0 Å². The lowest BCUT2D eigenvalue weighted by molar-refractivity contribution is 0.103. The van der Waals surface area contributed by atoms with Crippen LogP contribution in [0.4, 0.5) is 4.39 Å². The van der Waals surface area contributed by atoms with Crippen LogP contribution in [-0.4, -0.2) is 10.8 Å². The number of ketones is 1. The van der Waals surface area contributed by atoms with Crippen molar-refractivity contribution in [1.82, 2.24) is 4.98 Å². The molecule has 76 valence electrons. The molecule has 15 heavy (non-hydrogen) atoms. The number of carbonyl (C=O) groups is 1. The van der Waals surface area contributed by atoms with Gasteiger partial charge in [-0.3, -0.25) is 4.79 Å². The lowest BCUT2D eigenvalue weighted by Crippen LogP contribution is -2.01. The van der Waals surface area contributed by atoms with Crippen LogP contribution in [0.3, 0.4) is 0 Å². The smallest absolute Gasteiger partial charge is 0.221 e. The first-order valence-electron chi connectivity index (χ1n) is 4.08. The van der Waals surface area contributed by atoms with Crippen LogP contribution < -0.4 is 0 Å². The maximum atomic E-state index is 12.6. The molecule has 2 heterocycles. The van der Waals surface area contributed by atoms with Crippen LogP contribution in [0, 0.1) is 5.82 Å². The standard InChI is InChI=1S/C10H5ClFNOS/c11-9-4-3-8(15-9)10(14)7-2-1-6(12)5-13-7/h1-5H. The molecule has 0 aliphatic carbocycles. The topological polar surface area (TPSA) is 30.0 Å². The third kappa shape index (κ3) is 2.22. The van der Waals surface area contributed by atoms with E-state index in [1.807, 2.05) is 0 Å². The van der Waals surface area contributed by atoms with E-state index in [1.54, 1.807) is 12.1 Å². The molecular formula is C10H5ClFNOS. The number of pyridine rings is 1. The number of nitrogens with zero attached hydrogens (tertiary/aromatic N) is 1. The summed E-state index contributed by atoms with van der Waals surface area (Å²) in [6, 6.07) is 5.82. The summed E-state index contributed by atoms with van der Waals surface area (Å²) in [6.45, 7) is 0. The maximum Gasteiger partial charge on any atom is 0.221 e. The average molecular weight is 242 g/mol. The summed E-state index contributed by atoms with van der Waals surface area (Å²) < 4.78 is 13.1. The molecule has 0 spiro atoms. The van der Waals surface area contributed by atoms with Gasteiger partial charge < -0.3 is 0 Å². The van der Waals surface area contributed by atoms with Crippen molar-refractivity contribution in [1.29, 1.82) is 0 Å². The van der Waals surface area contributed by atoms with Gasteiger partial charge in [0.1, 0.15) is 11.5 Å². The summed E-state index contributed by atoms with van der Waals surface area (Å²) in [5, 5.41) is 0. The van der Waals surface area contributed by atoms with Crippen molar-refractivity contribution in [2.75, 3.05) is 0 Å². The molecule has 5 heteroatoms. The third-order valence-electron chi connectivity index (χ3n) is 1.76. The first-order chi connectivity index (χ1) is 7.16. The minimum Gasteiger partial charge on any atom is -0.286 e. The zero-order valence-corrected chi connectivity index (χ0v) is 8.98. The summed E-state index contributed by atoms with van der Waals surface area (Å²) in [5.41, 5.74) is 0.218. The zero-order chi connectivity index (χ0) is 10.8. The number of aromatic nitrogens is 1. The fraction of sp³-hybridized carbons (Fsp3) is 0. The summed E-state index contributed by atoms with van der Waals surface area (Å²) in [7, 11) is 0. The first-order valence-corrected chi connectivity index (χ1v) is 5.28. The quantitative estimate of drug-likeness (QED) is 0.756. The van der Waals surface area contributed by atoms with Crippen molar-refractivity contribution in [3.8, 4) is 0 Å². The summed E-state index contributed by atoms with van der Waals surface area (Å²) in [4.78, 5) is 15.9. The van der Waals surface area contributed by atoms with Gasteiger partial charge in [-0.2, -0.15) is 0 Å². The Morgan fingerprint density at radius 2 is 2.13 bits per heavy atom. The summed E-state index contributed by atoms with van der Waals surface area (Å²) in [6.07, 6.45) is 1.02. The fourth-order valence-electron chi connectivity index (χ4n) is 1.07. The molecule has 0 bridgehead atoms. The van der Waals surface area contributed by atoms with Crippen LogP contribution >= 0.6 is 22.9 Å². The molecule has 0 radical (unpaired) electrons. The Morgan fingerprint density at radius 3 is 2.67 bits per heavy atom. The maximum absolute atomic E-state index is 12.6. The molecule has 2 aromatic heterocycles. The fourth-order valence-corrected chi connectivity index (χ4v) is 2.06. The largest absolute Gasteiger partial charge is 0.286 e. The van der Waals surface area contributed by atoms with E-state index in [1.165, 1.54) is 23.5 Å². The van der Waals surface area contributed by atoms with E-state index in [0.717, 1.165) is 6.20 Å². The second kappa shape index (κ2) is 4.08. The van der Waals surface area contributed by atoms with Crippen molar-refractivity contribution < 1.29 is 9.18 Å². The monoisotopic (exact) mass is 241 g/mol. The van der Waals surface area contributed by atoms with Crippen LogP contribution in [0.15, 0.2) is 30.5 Å². The zero-order valence-electron chi connectivity index (χ0n) is 7.41. The molecule has 0 atom stereocenters. The molecule has 2 aromatic rings. The highest BCUT2D eigenvalue weighted by molar-refractivity contribution is 7.18. The van der Waals surface area contributed by atoms with Gasteiger partial charge in [0.05, 0.1) is 15.4 Å². The third-order valence-corrected chi connectivity index (χ3v) is 2.99. The number of hydrogen-bond acceptors (Lipinski definition) is 3. The highest BCUT2D eigenvalue weighted by Gasteiger charge is 2.12. The van der Waals surface area contributed by atoms with E-state index < -0.39 is 5.82 Å². The van der Waals surface area contributed by atoms with Crippen LogP contribution in [0.5, 0.6) is 0 Å². The van der Waals surface area contributed by atoms with Gasteiger partial charge in [0.15, 0.2) is 0 Å². The predicted octanol–water partition coefficient (Wildman–Crippen LogP) is 3.17. The average Bonchev–Trinajstić information content (AvgIpc) is 2.65. The van der Waals surface area contributed by atoms with Crippen molar-refractivity contribution >= 4 is 28.7 Å². The minimum atomic E-state index is -0.462. The Balaban J connectivity index is 2.32. The molecular weight excluding hydrogens is 237 g/mol.